The van der Waals surface area contributed by atoms with Crippen molar-refractivity contribution in [2.24, 2.45) is 5.92 Å². The van der Waals surface area contributed by atoms with Gasteiger partial charge in [-0.05, 0) is 61.2 Å². The second-order valence-electron chi connectivity index (χ2n) is 7.53. The first-order valence-corrected chi connectivity index (χ1v) is 12.3. The fraction of sp³-hybridized carbons (Fsp3) is 0.333. The van der Waals surface area contributed by atoms with E-state index in [9.17, 15) is 18.0 Å². The standard InChI is InChI=1S/C24H27NO6S/c1-4-30-22-9-7-6-8-19(22)20-14-17(15-21(26)23(20)24(27)31-5-2)16-10-12-18(13-11-16)25-32(3,28)29/h6-13,15,20,23,25H,4-5,14H2,1-3H3/t20-,23-/m1/s1. The van der Waals surface area contributed by atoms with Gasteiger partial charge in [-0.15, -0.1) is 0 Å². The number of carbonyl (C=O) groups is 2. The number of hydrogen-bond acceptors (Lipinski definition) is 6. The quantitative estimate of drug-likeness (QED) is 0.479. The number of rotatable bonds is 8. The van der Waals surface area contributed by atoms with Gasteiger partial charge in [0.25, 0.3) is 0 Å². The van der Waals surface area contributed by atoms with Crippen LogP contribution in [0.4, 0.5) is 5.69 Å². The third-order valence-corrected chi connectivity index (χ3v) is 5.79. The molecule has 2 aromatic rings. The van der Waals surface area contributed by atoms with Crippen LogP contribution in [-0.2, 0) is 24.3 Å². The van der Waals surface area contributed by atoms with Gasteiger partial charge in [0, 0.05) is 11.6 Å². The van der Waals surface area contributed by atoms with E-state index >= 15 is 0 Å². The topological polar surface area (TPSA) is 98.8 Å². The normalized spacial score (nSPS) is 18.6. The predicted molar refractivity (Wildman–Crippen MR) is 123 cm³/mol. The number of para-hydroxylation sites is 1. The Morgan fingerprint density at radius 3 is 2.38 bits per heavy atom. The molecule has 2 aromatic carbocycles. The van der Waals surface area contributed by atoms with Gasteiger partial charge < -0.3 is 9.47 Å². The molecular weight excluding hydrogens is 430 g/mol. The fourth-order valence-electron chi connectivity index (χ4n) is 3.92. The van der Waals surface area contributed by atoms with E-state index in [-0.39, 0.29) is 12.4 Å². The Balaban J connectivity index is 2.00. The number of ketones is 1. The molecule has 7 nitrogen and oxygen atoms in total. The van der Waals surface area contributed by atoms with Gasteiger partial charge in [0.05, 0.1) is 19.5 Å². The average Bonchev–Trinajstić information content (AvgIpc) is 2.73. The largest absolute Gasteiger partial charge is 0.494 e. The Hall–Kier alpha value is -3.13. The Morgan fingerprint density at radius 1 is 1.06 bits per heavy atom. The second kappa shape index (κ2) is 9.99. The Bertz CT molecular complexity index is 1120. The van der Waals surface area contributed by atoms with E-state index in [4.69, 9.17) is 9.47 Å². The van der Waals surface area contributed by atoms with Gasteiger partial charge in [0.15, 0.2) is 5.78 Å². The molecule has 0 heterocycles. The first-order chi connectivity index (χ1) is 15.2. The predicted octanol–water partition coefficient (Wildman–Crippen LogP) is 3.78. The molecule has 0 fully saturated rings. The molecule has 0 aromatic heterocycles. The lowest BCUT2D eigenvalue weighted by Crippen LogP contribution is -2.34. The Morgan fingerprint density at radius 2 is 1.75 bits per heavy atom. The molecule has 170 valence electrons. The first kappa shape index (κ1) is 23.5. The van der Waals surface area contributed by atoms with Crippen LogP contribution in [0.5, 0.6) is 5.75 Å². The van der Waals surface area contributed by atoms with E-state index in [1.54, 1.807) is 31.2 Å². The zero-order valence-corrected chi connectivity index (χ0v) is 19.1. The highest BCUT2D eigenvalue weighted by Crippen LogP contribution is 2.43. The molecule has 1 N–H and O–H groups in total. The van der Waals surface area contributed by atoms with Crippen molar-refractivity contribution in [1.29, 1.82) is 0 Å². The minimum atomic E-state index is -3.39. The van der Waals surface area contributed by atoms with Crippen molar-refractivity contribution in [3.8, 4) is 5.75 Å². The molecule has 0 saturated heterocycles. The minimum Gasteiger partial charge on any atom is -0.494 e. The number of ether oxygens (including phenoxy) is 2. The molecule has 0 amide bonds. The molecule has 0 spiro atoms. The van der Waals surface area contributed by atoms with Crippen molar-refractivity contribution in [2.75, 3.05) is 24.2 Å². The maximum Gasteiger partial charge on any atom is 0.317 e. The van der Waals surface area contributed by atoms with Crippen molar-refractivity contribution in [2.45, 2.75) is 26.2 Å². The maximum absolute atomic E-state index is 13.1. The Kier molecular flexibility index (Phi) is 7.35. The molecule has 32 heavy (non-hydrogen) atoms. The lowest BCUT2D eigenvalue weighted by molar-refractivity contribution is -0.151. The molecule has 0 bridgehead atoms. The van der Waals surface area contributed by atoms with E-state index in [2.05, 4.69) is 4.72 Å². The summed E-state index contributed by atoms with van der Waals surface area (Å²) in [7, 11) is -3.39. The van der Waals surface area contributed by atoms with Crippen LogP contribution in [0.2, 0.25) is 0 Å². The number of hydrogen-bond donors (Lipinski definition) is 1. The summed E-state index contributed by atoms with van der Waals surface area (Å²) in [5, 5.41) is 0. The molecular formula is C24H27NO6S. The molecule has 0 aliphatic heterocycles. The maximum atomic E-state index is 13.1. The van der Waals surface area contributed by atoms with Gasteiger partial charge in [-0.3, -0.25) is 14.3 Å². The van der Waals surface area contributed by atoms with Crippen LogP contribution >= 0.6 is 0 Å². The Labute approximate surface area is 188 Å². The second-order valence-corrected chi connectivity index (χ2v) is 9.28. The summed E-state index contributed by atoms with van der Waals surface area (Å²) < 4.78 is 36.3. The summed E-state index contributed by atoms with van der Waals surface area (Å²) in [5.74, 6) is -1.63. The van der Waals surface area contributed by atoms with Crippen LogP contribution in [0.25, 0.3) is 5.57 Å². The zero-order valence-electron chi connectivity index (χ0n) is 18.3. The molecule has 2 atom stereocenters. The highest BCUT2D eigenvalue weighted by atomic mass is 32.2. The summed E-state index contributed by atoms with van der Waals surface area (Å²) in [6.07, 6.45) is 3.00. The monoisotopic (exact) mass is 457 g/mol. The van der Waals surface area contributed by atoms with Crippen molar-refractivity contribution in [3.05, 3.63) is 65.7 Å². The third-order valence-electron chi connectivity index (χ3n) is 5.18. The SMILES string of the molecule is CCOC(=O)[C@H]1C(=O)C=C(c2ccc(NS(C)(=O)=O)cc2)C[C@@H]1c1ccccc1OCC. The van der Waals surface area contributed by atoms with E-state index in [1.165, 1.54) is 6.08 Å². The van der Waals surface area contributed by atoms with Crippen molar-refractivity contribution < 1.29 is 27.5 Å². The van der Waals surface area contributed by atoms with Crippen molar-refractivity contribution >= 4 is 33.0 Å². The lowest BCUT2D eigenvalue weighted by atomic mass is 9.73. The average molecular weight is 458 g/mol. The highest BCUT2D eigenvalue weighted by molar-refractivity contribution is 7.92. The minimum absolute atomic E-state index is 0.188. The number of nitrogens with one attached hydrogen (secondary N) is 1. The van der Waals surface area contributed by atoms with Gasteiger partial charge in [0.1, 0.15) is 11.7 Å². The fourth-order valence-corrected chi connectivity index (χ4v) is 4.48. The van der Waals surface area contributed by atoms with Crippen molar-refractivity contribution in [3.63, 3.8) is 0 Å². The summed E-state index contributed by atoms with van der Waals surface area (Å²) in [4.78, 5) is 25.8. The number of allylic oxidation sites excluding steroid dienone is 2. The number of carbonyl (C=O) groups excluding carboxylic acids is 2. The summed E-state index contributed by atoms with van der Waals surface area (Å²) in [5.41, 5.74) is 2.75. The molecule has 0 radical (unpaired) electrons. The van der Waals surface area contributed by atoms with Gasteiger partial charge in [-0.1, -0.05) is 30.3 Å². The zero-order chi connectivity index (χ0) is 23.3. The van der Waals surface area contributed by atoms with Crippen LogP contribution in [-0.4, -0.2) is 39.6 Å². The van der Waals surface area contributed by atoms with Crippen LogP contribution in [0.1, 0.15) is 37.3 Å². The highest BCUT2D eigenvalue weighted by Gasteiger charge is 2.40. The van der Waals surface area contributed by atoms with E-state index < -0.39 is 27.8 Å². The smallest absolute Gasteiger partial charge is 0.317 e. The lowest BCUT2D eigenvalue weighted by Gasteiger charge is -2.30. The summed E-state index contributed by atoms with van der Waals surface area (Å²) in [6, 6.07) is 14.2. The van der Waals surface area contributed by atoms with E-state index in [0.717, 1.165) is 23.0 Å². The third kappa shape index (κ3) is 5.56. The molecule has 0 saturated carbocycles. The molecule has 0 unspecified atom stereocenters. The molecule has 1 aliphatic rings. The van der Waals surface area contributed by atoms with Crippen LogP contribution < -0.4 is 9.46 Å². The van der Waals surface area contributed by atoms with E-state index in [0.29, 0.717) is 24.5 Å². The summed E-state index contributed by atoms with van der Waals surface area (Å²) in [6.45, 7) is 4.23. The molecule has 8 heteroatoms. The van der Waals surface area contributed by atoms with Crippen molar-refractivity contribution in [1.82, 2.24) is 0 Å². The van der Waals surface area contributed by atoms with Crippen LogP contribution in [0.3, 0.4) is 0 Å². The first-order valence-electron chi connectivity index (χ1n) is 10.4. The van der Waals surface area contributed by atoms with Gasteiger partial charge in [0.2, 0.25) is 10.0 Å². The number of sulfonamides is 1. The number of esters is 1. The van der Waals surface area contributed by atoms with Crippen LogP contribution in [0.15, 0.2) is 54.6 Å². The molecule has 3 rings (SSSR count). The van der Waals surface area contributed by atoms with Gasteiger partial charge in [-0.25, -0.2) is 8.42 Å². The van der Waals surface area contributed by atoms with Crippen LogP contribution in [0, 0.1) is 5.92 Å². The number of anilines is 1. The van der Waals surface area contributed by atoms with Gasteiger partial charge >= 0.3 is 5.97 Å². The number of benzene rings is 2. The van der Waals surface area contributed by atoms with Gasteiger partial charge in [-0.2, -0.15) is 0 Å². The van der Waals surface area contributed by atoms with E-state index in [1.807, 2.05) is 31.2 Å². The molecule has 1 aliphatic carbocycles. The summed E-state index contributed by atoms with van der Waals surface area (Å²) >= 11 is 0.